The van der Waals surface area contributed by atoms with Crippen molar-refractivity contribution in [3.05, 3.63) is 10.5 Å². The van der Waals surface area contributed by atoms with Gasteiger partial charge in [0.25, 0.3) is 0 Å². The molecule has 1 aromatic rings. The molecule has 0 aromatic carbocycles. The molecule has 1 rings (SSSR count). The Balaban J connectivity index is 2.51. The van der Waals surface area contributed by atoms with Gasteiger partial charge in [-0.25, -0.2) is 9.89 Å². The summed E-state index contributed by atoms with van der Waals surface area (Å²) in [5.41, 5.74) is -0.256. The lowest BCUT2D eigenvalue weighted by atomic mass is 10.2. The second-order valence-corrected chi connectivity index (χ2v) is 5.62. The molecule has 1 heterocycles. The van der Waals surface area contributed by atoms with E-state index in [2.05, 4.69) is 15.5 Å². The number of ether oxygens (including phenoxy) is 1. The van der Waals surface area contributed by atoms with E-state index in [1.54, 1.807) is 7.11 Å². The first kappa shape index (κ1) is 17.8. The van der Waals surface area contributed by atoms with E-state index < -0.39 is 0 Å². The zero-order chi connectivity index (χ0) is 15.7. The number of aromatic amines is 1. The maximum atomic E-state index is 11.8. The number of carbonyl (C=O) groups is 1. The summed E-state index contributed by atoms with van der Waals surface area (Å²) in [6.07, 6.45) is 2.55. The predicted octanol–water partition coefficient (Wildman–Crippen LogP) is 1.00. The zero-order valence-corrected chi connectivity index (χ0v) is 13.7. The average Bonchev–Trinajstić information content (AvgIpc) is 2.83. The lowest BCUT2D eigenvalue weighted by molar-refractivity contribution is -0.119. The summed E-state index contributed by atoms with van der Waals surface area (Å²) >= 11 is 1.26. The van der Waals surface area contributed by atoms with Crippen LogP contribution >= 0.6 is 11.8 Å². The van der Waals surface area contributed by atoms with Crippen molar-refractivity contribution in [1.29, 1.82) is 0 Å². The third-order valence-corrected chi connectivity index (χ3v) is 4.11. The summed E-state index contributed by atoms with van der Waals surface area (Å²) in [6.45, 7) is 5.20. The summed E-state index contributed by atoms with van der Waals surface area (Å²) in [5.74, 6) is 0.220. The number of thioether (sulfide) groups is 1. The van der Waals surface area contributed by atoms with Gasteiger partial charge in [-0.1, -0.05) is 25.6 Å². The fourth-order valence-corrected chi connectivity index (χ4v) is 2.65. The van der Waals surface area contributed by atoms with E-state index in [9.17, 15) is 9.59 Å². The number of carbonyl (C=O) groups excluding carboxylic acids is 1. The molecule has 0 saturated heterocycles. The first-order valence-corrected chi connectivity index (χ1v) is 8.17. The lowest BCUT2D eigenvalue weighted by Gasteiger charge is -2.14. The normalized spacial score (nSPS) is 11.0. The van der Waals surface area contributed by atoms with E-state index in [0.717, 1.165) is 19.3 Å². The van der Waals surface area contributed by atoms with Crippen molar-refractivity contribution in [2.45, 2.75) is 50.9 Å². The third kappa shape index (κ3) is 5.92. The van der Waals surface area contributed by atoms with Crippen molar-refractivity contribution in [3.63, 3.8) is 0 Å². The molecule has 0 bridgehead atoms. The maximum Gasteiger partial charge on any atom is 0.343 e. The van der Waals surface area contributed by atoms with Crippen LogP contribution in [0.5, 0.6) is 0 Å². The first-order valence-electron chi connectivity index (χ1n) is 7.18. The summed E-state index contributed by atoms with van der Waals surface area (Å²) in [5, 5.41) is 9.87. The largest absolute Gasteiger partial charge is 0.385 e. The number of aromatic nitrogens is 3. The molecule has 1 amide bonds. The molecule has 2 N–H and O–H groups in total. The van der Waals surface area contributed by atoms with E-state index in [1.807, 2.05) is 13.8 Å². The molecule has 0 aliphatic heterocycles. The lowest BCUT2D eigenvalue weighted by Crippen LogP contribution is -2.35. The molecule has 21 heavy (non-hydrogen) atoms. The Morgan fingerprint density at radius 2 is 2.19 bits per heavy atom. The molecule has 7 nitrogen and oxygen atoms in total. The topological polar surface area (TPSA) is 89.0 Å². The van der Waals surface area contributed by atoms with E-state index >= 15 is 0 Å². The van der Waals surface area contributed by atoms with Crippen molar-refractivity contribution in [2.24, 2.45) is 0 Å². The number of nitrogens with one attached hydrogen (secondary N) is 2. The second-order valence-electron chi connectivity index (χ2n) is 4.68. The van der Waals surface area contributed by atoms with Gasteiger partial charge in [0, 0.05) is 26.3 Å². The molecule has 0 radical (unpaired) electrons. The molecule has 0 saturated carbocycles. The molecular formula is C13H24N4O3S. The Bertz CT molecular complexity index is 482. The number of nitrogens with zero attached hydrogens (tertiary/aromatic N) is 2. The highest BCUT2D eigenvalue weighted by Crippen LogP contribution is 2.13. The Kier molecular flexibility index (Phi) is 8.14. The number of rotatable bonds is 10. The highest BCUT2D eigenvalue weighted by atomic mass is 32.2. The van der Waals surface area contributed by atoms with E-state index in [4.69, 9.17) is 4.74 Å². The molecule has 1 aromatic heterocycles. The van der Waals surface area contributed by atoms with Crippen LogP contribution in [0.2, 0.25) is 0 Å². The number of H-pyrrole nitrogens is 1. The number of methoxy groups -OCH3 is 1. The highest BCUT2D eigenvalue weighted by molar-refractivity contribution is 7.99. The van der Waals surface area contributed by atoms with Crippen molar-refractivity contribution in [2.75, 3.05) is 19.5 Å². The van der Waals surface area contributed by atoms with Crippen LogP contribution in [0, 0.1) is 0 Å². The minimum Gasteiger partial charge on any atom is -0.385 e. The Morgan fingerprint density at radius 1 is 1.48 bits per heavy atom. The van der Waals surface area contributed by atoms with Crippen molar-refractivity contribution in [3.8, 4) is 0 Å². The summed E-state index contributed by atoms with van der Waals surface area (Å²) in [7, 11) is 1.62. The van der Waals surface area contributed by atoms with E-state index in [-0.39, 0.29) is 23.4 Å². The Morgan fingerprint density at radius 3 is 2.81 bits per heavy atom. The Hall–Kier alpha value is -1.28. The van der Waals surface area contributed by atoms with Crippen LogP contribution in [0.3, 0.4) is 0 Å². The van der Waals surface area contributed by atoms with Crippen LogP contribution < -0.4 is 11.0 Å². The molecule has 0 unspecified atom stereocenters. The summed E-state index contributed by atoms with van der Waals surface area (Å²) < 4.78 is 6.51. The van der Waals surface area contributed by atoms with Crippen LogP contribution in [0.1, 0.15) is 33.1 Å². The highest BCUT2D eigenvalue weighted by Gasteiger charge is 2.13. The number of amides is 1. The van der Waals surface area contributed by atoms with Gasteiger partial charge in [-0.15, -0.1) is 5.10 Å². The monoisotopic (exact) mass is 316 g/mol. The van der Waals surface area contributed by atoms with Gasteiger partial charge in [0.1, 0.15) is 0 Å². The minimum atomic E-state index is -0.256. The smallest absolute Gasteiger partial charge is 0.343 e. The third-order valence-electron chi connectivity index (χ3n) is 3.14. The van der Waals surface area contributed by atoms with Crippen LogP contribution in [0.4, 0.5) is 0 Å². The Labute approximate surface area is 128 Å². The van der Waals surface area contributed by atoms with Gasteiger partial charge in [0.05, 0.1) is 5.75 Å². The van der Waals surface area contributed by atoms with Gasteiger partial charge in [0.2, 0.25) is 5.91 Å². The number of hydrogen-bond acceptors (Lipinski definition) is 5. The van der Waals surface area contributed by atoms with Crippen molar-refractivity contribution >= 4 is 17.7 Å². The van der Waals surface area contributed by atoms with E-state index in [1.165, 1.54) is 16.3 Å². The van der Waals surface area contributed by atoms with Gasteiger partial charge < -0.3 is 10.1 Å². The molecule has 0 atom stereocenters. The standard InChI is InChI=1S/C13H24N4O3S/c1-4-10(5-2)14-11(18)9-21-13-16-15-12(19)17(13)7-6-8-20-3/h10H,4-9H2,1-3H3,(H,14,18)(H,15,19). The quantitative estimate of drug-likeness (QED) is 0.497. The van der Waals surface area contributed by atoms with Gasteiger partial charge in [0.15, 0.2) is 5.16 Å². The predicted molar refractivity (Wildman–Crippen MR) is 82.6 cm³/mol. The molecule has 0 fully saturated rings. The van der Waals surface area contributed by atoms with Crippen LogP contribution in [0.25, 0.3) is 0 Å². The first-order chi connectivity index (χ1) is 10.1. The van der Waals surface area contributed by atoms with Gasteiger partial charge in [-0.05, 0) is 19.3 Å². The van der Waals surface area contributed by atoms with Gasteiger partial charge in [-0.3, -0.25) is 9.36 Å². The summed E-state index contributed by atoms with van der Waals surface area (Å²) in [4.78, 5) is 23.5. The van der Waals surface area contributed by atoms with Crippen LogP contribution in [-0.2, 0) is 16.1 Å². The minimum absolute atomic E-state index is 0.0346. The van der Waals surface area contributed by atoms with Crippen LogP contribution in [-0.4, -0.2) is 46.2 Å². The summed E-state index contributed by atoms with van der Waals surface area (Å²) in [6, 6.07) is 0.209. The zero-order valence-electron chi connectivity index (χ0n) is 12.8. The van der Waals surface area contributed by atoms with Crippen LogP contribution in [0.15, 0.2) is 9.95 Å². The average molecular weight is 316 g/mol. The molecule has 0 spiro atoms. The molecule has 0 aliphatic rings. The number of hydrogen-bond donors (Lipinski definition) is 2. The fourth-order valence-electron chi connectivity index (χ4n) is 1.87. The molecular weight excluding hydrogens is 292 g/mol. The maximum absolute atomic E-state index is 11.8. The molecule has 0 aliphatic carbocycles. The SMILES string of the molecule is CCC(CC)NC(=O)CSc1n[nH]c(=O)n1CCCOC. The molecule has 8 heteroatoms. The second kappa shape index (κ2) is 9.62. The van der Waals surface area contributed by atoms with Gasteiger partial charge >= 0.3 is 5.69 Å². The van der Waals surface area contributed by atoms with Crippen molar-refractivity contribution < 1.29 is 9.53 Å². The van der Waals surface area contributed by atoms with Gasteiger partial charge in [-0.2, -0.15) is 0 Å². The molecule has 120 valence electrons. The van der Waals surface area contributed by atoms with Crippen molar-refractivity contribution in [1.82, 2.24) is 20.1 Å². The van der Waals surface area contributed by atoms with E-state index in [0.29, 0.717) is 18.3 Å². The fraction of sp³-hybridized carbons (Fsp3) is 0.769.